The molecule has 2 aromatic heterocycles. The highest BCUT2D eigenvalue weighted by Crippen LogP contribution is 2.44. The lowest BCUT2D eigenvalue weighted by molar-refractivity contribution is -0.140. The quantitative estimate of drug-likeness (QED) is 0.313. The summed E-state index contributed by atoms with van der Waals surface area (Å²) < 4.78 is 44.0. The number of esters is 1. The number of benzene rings is 1. The number of unbranched alkanes of at least 4 members (excludes halogenated alkanes) is 1. The number of methoxy groups -OCH3 is 1. The molecule has 7 heteroatoms. The maximum atomic E-state index is 13.1. The second-order valence-electron chi connectivity index (χ2n) is 7.95. The van der Waals surface area contributed by atoms with Gasteiger partial charge >= 0.3 is 12.1 Å². The zero-order chi connectivity index (χ0) is 22.2. The van der Waals surface area contributed by atoms with Crippen LogP contribution in [0.1, 0.15) is 52.9 Å². The second kappa shape index (κ2) is 8.61. The molecule has 31 heavy (non-hydrogen) atoms. The summed E-state index contributed by atoms with van der Waals surface area (Å²) in [6.07, 6.45) is 1.31. The van der Waals surface area contributed by atoms with Gasteiger partial charge < -0.3 is 4.74 Å². The Morgan fingerprint density at radius 3 is 2.58 bits per heavy atom. The zero-order valence-corrected chi connectivity index (χ0v) is 18.4. The Hall–Kier alpha value is -2.41. The fraction of sp³-hybridized carbons (Fsp3) is 0.417. The average Bonchev–Trinajstić information content (AvgIpc) is 3.31. The van der Waals surface area contributed by atoms with Gasteiger partial charge in [-0.15, -0.1) is 11.3 Å². The molecule has 0 aliphatic heterocycles. The van der Waals surface area contributed by atoms with Crippen LogP contribution < -0.4 is 0 Å². The van der Waals surface area contributed by atoms with Gasteiger partial charge in [-0.05, 0) is 79.8 Å². The number of aryl methyl sites for hydroxylation is 3. The highest BCUT2D eigenvalue weighted by molar-refractivity contribution is 7.19. The van der Waals surface area contributed by atoms with Crippen LogP contribution in [0.3, 0.4) is 0 Å². The molecular weight excluding hydrogens is 423 g/mol. The molecule has 0 radical (unpaired) electrons. The van der Waals surface area contributed by atoms with Crippen molar-refractivity contribution >= 4 is 27.5 Å². The van der Waals surface area contributed by atoms with E-state index in [4.69, 9.17) is 9.72 Å². The van der Waals surface area contributed by atoms with Crippen molar-refractivity contribution in [3.05, 3.63) is 51.5 Å². The maximum absolute atomic E-state index is 13.1. The molecule has 0 saturated carbocycles. The number of carbonyl (C=O) groups is 1. The first kappa shape index (κ1) is 21.8. The molecule has 3 nitrogen and oxygen atoms in total. The summed E-state index contributed by atoms with van der Waals surface area (Å²) >= 11 is 1.71. The molecule has 0 atom stereocenters. The Morgan fingerprint density at radius 2 is 1.90 bits per heavy atom. The van der Waals surface area contributed by atoms with Crippen LogP contribution in [0.5, 0.6) is 0 Å². The number of aromatic nitrogens is 1. The number of alkyl halides is 3. The van der Waals surface area contributed by atoms with Gasteiger partial charge in [0, 0.05) is 22.4 Å². The van der Waals surface area contributed by atoms with Crippen LogP contribution in [0, 0.1) is 6.92 Å². The standard InChI is InChI=1S/C24H24F3NO2S/c1-14-17(6-3-4-9-20(29)30-2)21(15-10-12-16(13-11-15)24(25,26)27)22-18-7-5-8-19(18)31-23(22)28-14/h10-13H,3-9H2,1-2H3. The highest BCUT2D eigenvalue weighted by atomic mass is 32.1. The van der Waals surface area contributed by atoms with Crippen molar-refractivity contribution in [2.75, 3.05) is 7.11 Å². The molecular formula is C24H24F3NO2S. The van der Waals surface area contributed by atoms with Gasteiger partial charge in [-0.25, -0.2) is 4.98 Å². The molecule has 0 bridgehead atoms. The minimum Gasteiger partial charge on any atom is -0.469 e. The monoisotopic (exact) mass is 447 g/mol. The van der Waals surface area contributed by atoms with E-state index in [9.17, 15) is 18.0 Å². The molecule has 0 amide bonds. The summed E-state index contributed by atoms with van der Waals surface area (Å²) in [4.78, 5) is 18.6. The van der Waals surface area contributed by atoms with Gasteiger partial charge in [0.05, 0.1) is 12.7 Å². The van der Waals surface area contributed by atoms with Gasteiger partial charge in [0.15, 0.2) is 0 Å². The fourth-order valence-electron chi connectivity index (χ4n) is 4.40. The third-order valence-corrected chi connectivity index (χ3v) is 7.13. The van der Waals surface area contributed by atoms with E-state index >= 15 is 0 Å². The molecule has 0 N–H and O–H groups in total. The van der Waals surface area contributed by atoms with E-state index in [-0.39, 0.29) is 5.97 Å². The zero-order valence-electron chi connectivity index (χ0n) is 17.6. The summed E-state index contributed by atoms with van der Waals surface area (Å²) in [6.45, 7) is 1.97. The smallest absolute Gasteiger partial charge is 0.416 e. The Kier molecular flexibility index (Phi) is 6.06. The summed E-state index contributed by atoms with van der Waals surface area (Å²) in [5.74, 6) is -0.232. The number of halogens is 3. The van der Waals surface area contributed by atoms with Crippen molar-refractivity contribution < 1.29 is 22.7 Å². The Balaban J connectivity index is 1.79. The molecule has 0 spiro atoms. The minimum atomic E-state index is -4.36. The number of thiophene rings is 1. The molecule has 0 unspecified atom stereocenters. The van der Waals surface area contributed by atoms with Crippen LogP contribution in [0.4, 0.5) is 13.2 Å². The minimum absolute atomic E-state index is 0.232. The maximum Gasteiger partial charge on any atom is 0.416 e. The number of rotatable bonds is 6. The lowest BCUT2D eigenvalue weighted by atomic mass is 9.90. The Bertz CT molecular complexity index is 1120. The molecule has 1 aliphatic rings. The van der Waals surface area contributed by atoms with E-state index in [0.717, 1.165) is 70.4 Å². The second-order valence-corrected chi connectivity index (χ2v) is 9.03. The number of hydrogen-bond acceptors (Lipinski definition) is 4. The largest absolute Gasteiger partial charge is 0.469 e. The highest BCUT2D eigenvalue weighted by Gasteiger charge is 2.30. The van der Waals surface area contributed by atoms with Crippen molar-refractivity contribution in [3.8, 4) is 11.1 Å². The molecule has 3 aromatic rings. The van der Waals surface area contributed by atoms with Gasteiger partial charge in [-0.1, -0.05) is 12.1 Å². The predicted molar refractivity (Wildman–Crippen MR) is 116 cm³/mol. The summed E-state index contributed by atoms with van der Waals surface area (Å²) in [7, 11) is 1.38. The third kappa shape index (κ3) is 4.33. The van der Waals surface area contributed by atoms with E-state index < -0.39 is 11.7 Å². The summed E-state index contributed by atoms with van der Waals surface area (Å²) in [5.41, 5.74) is 4.42. The van der Waals surface area contributed by atoms with E-state index in [1.165, 1.54) is 17.6 Å². The molecule has 4 rings (SSSR count). The first-order valence-electron chi connectivity index (χ1n) is 10.5. The lowest BCUT2D eigenvalue weighted by Gasteiger charge is -2.16. The average molecular weight is 448 g/mol. The van der Waals surface area contributed by atoms with Crippen LogP contribution in [-0.2, 0) is 35.0 Å². The summed E-state index contributed by atoms with van der Waals surface area (Å²) in [6, 6.07) is 5.47. The van der Waals surface area contributed by atoms with E-state index in [2.05, 4.69) is 0 Å². The van der Waals surface area contributed by atoms with E-state index in [0.29, 0.717) is 19.3 Å². The molecule has 1 aromatic carbocycles. The number of carbonyl (C=O) groups excluding carboxylic acids is 1. The van der Waals surface area contributed by atoms with Gasteiger partial charge in [0.1, 0.15) is 4.83 Å². The number of fused-ring (bicyclic) bond motifs is 3. The van der Waals surface area contributed by atoms with Gasteiger partial charge in [-0.2, -0.15) is 13.2 Å². The molecule has 0 saturated heterocycles. The molecule has 2 heterocycles. The Morgan fingerprint density at radius 1 is 1.16 bits per heavy atom. The first-order chi connectivity index (χ1) is 14.8. The SMILES string of the molecule is COC(=O)CCCCc1c(C)nc2sc3c(c2c1-c1ccc(C(F)(F)F)cc1)CCC3. The van der Waals surface area contributed by atoms with Crippen LogP contribution in [0.2, 0.25) is 0 Å². The van der Waals surface area contributed by atoms with E-state index in [1.807, 2.05) is 6.92 Å². The number of nitrogens with zero attached hydrogens (tertiary/aromatic N) is 1. The normalized spacial score (nSPS) is 13.6. The predicted octanol–water partition coefficient (Wildman–Crippen LogP) is 6.67. The van der Waals surface area contributed by atoms with E-state index in [1.54, 1.807) is 23.5 Å². The molecule has 1 aliphatic carbocycles. The fourth-order valence-corrected chi connectivity index (χ4v) is 5.72. The van der Waals surface area contributed by atoms with Gasteiger partial charge in [0.25, 0.3) is 0 Å². The summed E-state index contributed by atoms with van der Waals surface area (Å²) in [5, 5.41) is 1.10. The van der Waals surface area contributed by atoms with Crippen molar-refractivity contribution in [1.29, 1.82) is 0 Å². The Labute approximate surface area is 183 Å². The third-order valence-electron chi connectivity index (χ3n) is 5.95. The number of hydrogen-bond donors (Lipinski definition) is 0. The van der Waals surface area contributed by atoms with Crippen molar-refractivity contribution in [3.63, 3.8) is 0 Å². The van der Waals surface area contributed by atoms with Gasteiger partial charge in [-0.3, -0.25) is 4.79 Å². The molecule has 0 fully saturated rings. The number of pyridine rings is 1. The van der Waals surface area contributed by atoms with Crippen LogP contribution in [0.15, 0.2) is 24.3 Å². The van der Waals surface area contributed by atoms with Crippen molar-refractivity contribution in [2.24, 2.45) is 0 Å². The molecule has 164 valence electrons. The number of ether oxygens (including phenoxy) is 1. The van der Waals surface area contributed by atoms with Crippen molar-refractivity contribution in [2.45, 2.75) is 58.0 Å². The van der Waals surface area contributed by atoms with Gasteiger partial charge in [0.2, 0.25) is 0 Å². The topological polar surface area (TPSA) is 39.2 Å². The lowest BCUT2D eigenvalue weighted by Crippen LogP contribution is -2.05. The van der Waals surface area contributed by atoms with Crippen LogP contribution in [-0.4, -0.2) is 18.1 Å². The van der Waals surface area contributed by atoms with Crippen molar-refractivity contribution in [1.82, 2.24) is 4.98 Å². The van der Waals surface area contributed by atoms with Crippen LogP contribution >= 0.6 is 11.3 Å². The van der Waals surface area contributed by atoms with Crippen LogP contribution in [0.25, 0.3) is 21.3 Å². The first-order valence-corrected chi connectivity index (χ1v) is 11.3.